The van der Waals surface area contributed by atoms with Crippen LogP contribution in [-0.2, 0) is 13.6 Å². The second kappa shape index (κ2) is 24.7. The smallest absolute Gasteiger partial charge is 0.332 e. The Bertz CT molecular complexity index is 360. The summed E-state index contributed by atoms with van der Waals surface area (Å²) in [6.07, 6.45) is 25.4. The van der Waals surface area contributed by atoms with E-state index in [4.69, 9.17) is 9.05 Å². The molecule has 0 bridgehead atoms. The third kappa shape index (κ3) is 23.1. The maximum Gasteiger partial charge on any atom is 0.332 e. The van der Waals surface area contributed by atoms with Crippen LogP contribution in [-0.4, -0.2) is 31.1 Å². The van der Waals surface area contributed by atoms with Crippen molar-refractivity contribution in [3.63, 3.8) is 0 Å². The molecule has 0 aromatic rings. The lowest BCUT2D eigenvalue weighted by Gasteiger charge is -2.17. The zero-order valence-corrected chi connectivity index (χ0v) is 22.0. The van der Waals surface area contributed by atoms with Crippen LogP contribution in [0.5, 0.6) is 0 Å². The molecule has 0 aromatic carbocycles. The van der Waals surface area contributed by atoms with E-state index in [2.05, 4.69) is 13.8 Å². The van der Waals surface area contributed by atoms with Crippen molar-refractivity contribution in [1.29, 1.82) is 0 Å². The molecular weight excluding hydrogens is 407 g/mol. The Kier molecular flexibility index (Phi) is 24.8. The van der Waals surface area contributed by atoms with E-state index in [9.17, 15) is 9.67 Å². The largest absolute Gasteiger partial charge is 0.396 e. The normalized spacial score (nSPS) is 12.0. The number of rotatable bonds is 26. The number of unbranched alkanes of at least 4 members (excludes halogenated alkanes) is 18. The Balaban J connectivity index is 3.59. The van der Waals surface area contributed by atoms with E-state index in [1.807, 2.05) is 0 Å². The predicted molar refractivity (Wildman–Crippen MR) is 135 cm³/mol. The van der Waals surface area contributed by atoms with Crippen molar-refractivity contribution in [2.75, 3.05) is 26.0 Å². The molecule has 1 N–H and O–H groups in total. The highest BCUT2D eigenvalue weighted by Gasteiger charge is 2.23. The summed E-state index contributed by atoms with van der Waals surface area (Å²) in [4.78, 5) is 0. The second-order valence-electron chi connectivity index (χ2n) is 9.09. The van der Waals surface area contributed by atoms with E-state index in [0.29, 0.717) is 13.2 Å². The lowest BCUT2D eigenvalue weighted by Crippen LogP contribution is -2.05. The summed E-state index contributed by atoms with van der Waals surface area (Å²) >= 11 is 0. The Morgan fingerprint density at radius 2 is 0.806 bits per heavy atom. The van der Waals surface area contributed by atoms with Crippen LogP contribution in [0.25, 0.3) is 0 Å². The molecule has 0 aliphatic rings. The van der Waals surface area contributed by atoms with Crippen molar-refractivity contribution in [3.05, 3.63) is 0 Å². The van der Waals surface area contributed by atoms with Gasteiger partial charge < -0.3 is 14.2 Å². The first-order valence-electron chi connectivity index (χ1n) is 13.7. The van der Waals surface area contributed by atoms with Crippen molar-refractivity contribution in [2.45, 2.75) is 142 Å². The second-order valence-corrected chi connectivity index (χ2v) is 11.3. The monoisotopic (exact) mass is 462 g/mol. The summed E-state index contributed by atoms with van der Waals surface area (Å²) < 4.78 is 23.9. The molecular formula is C26H55O4P. The Morgan fingerprint density at radius 1 is 0.516 bits per heavy atom. The van der Waals surface area contributed by atoms with Crippen molar-refractivity contribution >= 4 is 7.60 Å². The van der Waals surface area contributed by atoms with Crippen LogP contribution in [0.4, 0.5) is 0 Å². The molecule has 0 radical (unpaired) electrons. The van der Waals surface area contributed by atoms with Gasteiger partial charge in [0.2, 0.25) is 0 Å². The van der Waals surface area contributed by atoms with Crippen LogP contribution in [0.2, 0.25) is 0 Å². The standard InChI is InChI=1S/C26H55O4P/c1-3-5-7-9-11-13-15-17-19-21-24-29-31(28,26-23-27)30-25-22-20-18-16-14-12-10-8-6-4-2/h27H,3-26H2,1-2H3. The summed E-state index contributed by atoms with van der Waals surface area (Å²) in [6, 6.07) is 0. The summed E-state index contributed by atoms with van der Waals surface area (Å²) in [6.45, 7) is 5.32. The zero-order valence-electron chi connectivity index (χ0n) is 21.1. The van der Waals surface area contributed by atoms with E-state index >= 15 is 0 Å². The fraction of sp³-hybridized carbons (Fsp3) is 1.00. The van der Waals surface area contributed by atoms with Gasteiger partial charge in [-0.05, 0) is 12.8 Å². The van der Waals surface area contributed by atoms with Gasteiger partial charge in [-0.1, -0.05) is 129 Å². The first-order valence-corrected chi connectivity index (χ1v) is 15.4. The van der Waals surface area contributed by atoms with E-state index in [0.717, 1.165) is 25.7 Å². The quantitative estimate of drug-likeness (QED) is 0.103. The molecule has 4 nitrogen and oxygen atoms in total. The molecule has 0 rings (SSSR count). The maximum absolute atomic E-state index is 12.7. The number of aliphatic hydroxyl groups excluding tert-OH is 1. The molecule has 0 heterocycles. The Morgan fingerprint density at radius 3 is 1.10 bits per heavy atom. The molecule has 31 heavy (non-hydrogen) atoms. The zero-order chi connectivity index (χ0) is 22.9. The van der Waals surface area contributed by atoms with Gasteiger partial charge in [0.1, 0.15) is 0 Å². The summed E-state index contributed by atoms with van der Waals surface area (Å²) in [5.74, 6) is 0. The van der Waals surface area contributed by atoms with E-state index in [1.54, 1.807) is 0 Å². The molecule has 0 fully saturated rings. The van der Waals surface area contributed by atoms with E-state index < -0.39 is 7.60 Å². The van der Waals surface area contributed by atoms with Gasteiger partial charge in [0.15, 0.2) is 0 Å². The van der Waals surface area contributed by atoms with Gasteiger partial charge in [-0.15, -0.1) is 0 Å². The van der Waals surface area contributed by atoms with Gasteiger partial charge in [-0.2, -0.15) is 0 Å². The first-order chi connectivity index (χ1) is 15.2. The molecule has 0 saturated carbocycles. The average molecular weight is 463 g/mol. The highest BCUT2D eigenvalue weighted by Crippen LogP contribution is 2.48. The van der Waals surface area contributed by atoms with Gasteiger partial charge in [-0.25, -0.2) is 0 Å². The molecule has 0 aromatic heterocycles. The van der Waals surface area contributed by atoms with Crippen molar-refractivity contribution < 1.29 is 18.7 Å². The van der Waals surface area contributed by atoms with Gasteiger partial charge in [0.25, 0.3) is 0 Å². The molecule has 0 aliphatic carbocycles. The van der Waals surface area contributed by atoms with Crippen LogP contribution >= 0.6 is 7.60 Å². The summed E-state index contributed by atoms with van der Waals surface area (Å²) in [5.41, 5.74) is 0. The number of hydrogen-bond donors (Lipinski definition) is 1. The SMILES string of the molecule is CCCCCCCCCCCCOP(=O)(CCO)OCCCCCCCCCCCC. The minimum atomic E-state index is -3.12. The highest BCUT2D eigenvalue weighted by molar-refractivity contribution is 7.53. The number of hydrogen-bond acceptors (Lipinski definition) is 4. The highest BCUT2D eigenvalue weighted by atomic mass is 31.2. The van der Waals surface area contributed by atoms with Crippen LogP contribution in [0, 0.1) is 0 Å². The summed E-state index contributed by atoms with van der Waals surface area (Å²) in [7, 11) is -3.12. The topological polar surface area (TPSA) is 55.8 Å². The minimum Gasteiger partial charge on any atom is -0.396 e. The van der Waals surface area contributed by atoms with Gasteiger partial charge in [0, 0.05) is 0 Å². The molecule has 0 aliphatic heterocycles. The van der Waals surface area contributed by atoms with Crippen molar-refractivity contribution in [2.24, 2.45) is 0 Å². The van der Waals surface area contributed by atoms with Crippen molar-refractivity contribution in [1.82, 2.24) is 0 Å². The lowest BCUT2D eigenvalue weighted by atomic mass is 10.1. The Hall–Kier alpha value is 0.110. The first kappa shape index (κ1) is 31.1. The van der Waals surface area contributed by atoms with Crippen LogP contribution < -0.4 is 0 Å². The lowest BCUT2D eigenvalue weighted by molar-refractivity contribution is 0.190. The van der Waals surface area contributed by atoms with E-state index in [-0.39, 0.29) is 12.8 Å². The molecule has 0 unspecified atom stereocenters. The van der Waals surface area contributed by atoms with Crippen LogP contribution in [0.1, 0.15) is 142 Å². The van der Waals surface area contributed by atoms with Crippen LogP contribution in [0.15, 0.2) is 0 Å². The molecule has 0 amide bonds. The third-order valence-corrected chi connectivity index (χ3v) is 7.85. The van der Waals surface area contributed by atoms with Crippen LogP contribution in [0.3, 0.4) is 0 Å². The molecule has 0 atom stereocenters. The molecule has 0 saturated heterocycles. The fourth-order valence-corrected chi connectivity index (χ4v) is 5.27. The Labute approximate surface area is 194 Å². The fourth-order valence-electron chi connectivity index (χ4n) is 3.88. The van der Waals surface area contributed by atoms with Gasteiger partial charge in [0.05, 0.1) is 26.0 Å². The third-order valence-electron chi connectivity index (χ3n) is 5.95. The average Bonchev–Trinajstić information content (AvgIpc) is 2.76. The van der Waals surface area contributed by atoms with E-state index in [1.165, 1.54) is 103 Å². The molecule has 188 valence electrons. The number of aliphatic hydroxyl groups is 1. The van der Waals surface area contributed by atoms with Gasteiger partial charge in [-0.3, -0.25) is 4.57 Å². The predicted octanol–water partition coefficient (Wildman–Crippen LogP) is 9.05. The van der Waals surface area contributed by atoms with Gasteiger partial charge >= 0.3 is 7.60 Å². The summed E-state index contributed by atoms with van der Waals surface area (Å²) in [5, 5.41) is 9.22. The maximum atomic E-state index is 12.7. The minimum absolute atomic E-state index is 0.114. The molecule has 0 spiro atoms. The molecule has 5 heteroatoms. The van der Waals surface area contributed by atoms with Crippen molar-refractivity contribution in [3.8, 4) is 0 Å².